The van der Waals surface area contributed by atoms with Gasteiger partial charge in [0.25, 0.3) is 0 Å². The number of rotatable bonds is 19. The van der Waals surface area contributed by atoms with Gasteiger partial charge >= 0.3 is 5.97 Å². The first kappa shape index (κ1) is 28.4. The Labute approximate surface area is 171 Å². The van der Waals surface area contributed by atoms with Crippen LogP contribution in [-0.4, -0.2) is 11.1 Å². The van der Waals surface area contributed by atoms with Crippen molar-refractivity contribution in [3.05, 3.63) is 12.2 Å². The van der Waals surface area contributed by atoms with Gasteiger partial charge in [0.2, 0.25) is 0 Å². The van der Waals surface area contributed by atoms with E-state index in [2.05, 4.69) is 20.4 Å². The van der Waals surface area contributed by atoms with Crippen LogP contribution in [0.1, 0.15) is 143 Å². The van der Waals surface area contributed by atoms with Crippen molar-refractivity contribution in [1.29, 1.82) is 0 Å². The van der Waals surface area contributed by atoms with Crippen LogP contribution < -0.4 is 0 Å². The first-order valence-electron chi connectivity index (χ1n) is 11.9. The number of hydrogen-bond donors (Lipinski definition) is 1. The van der Waals surface area contributed by atoms with Gasteiger partial charge < -0.3 is 5.11 Å². The molecule has 1 N–H and O–H groups in total. The van der Waals surface area contributed by atoms with Gasteiger partial charge in [-0.25, -0.2) is 4.79 Å². The van der Waals surface area contributed by atoms with Gasteiger partial charge in [-0.3, -0.25) is 0 Å². The molecule has 0 aliphatic heterocycles. The zero-order valence-corrected chi connectivity index (χ0v) is 19.0. The highest BCUT2D eigenvalue weighted by molar-refractivity contribution is 5.84. The molecule has 0 heterocycles. The van der Waals surface area contributed by atoms with Crippen LogP contribution in [0.2, 0.25) is 0 Å². The van der Waals surface area contributed by atoms with Crippen LogP contribution in [0.3, 0.4) is 0 Å². The average Bonchev–Trinajstić information content (AvgIpc) is 2.64. The molecule has 0 amide bonds. The molecular weight excluding hydrogens is 332 g/mol. The van der Waals surface area contributed by atoms with E-state index in [9.17, 15) is 4.79 Å². The minimum Gasteiger partial charge on any atom is -0.478 e. The maximum absolute atomic E-state index is 9.60. The largest absolute Gasteiger partial charge is 0.478 e. The second kappa shape index (κ2) is 25.2. The highest BCUT2D eigenvalue weighted by Crippen LogP contribution is 2.14. The Morgan fingerprint density at radius 1 is 0.556 bits per heavy atom. The maximum Gasteiger partial charge on any atom is 0.330 e. The molecule has 0 aliphatic carbocycles. The number of aliphatic carboxylic acids is 1. The topological polar surface area (TPSA) is 37.3 Å². The van der Waals surface area contributed by atoms with Gasteiger partial charge in [0.05, 0.1) is 0 Å². The SMILES string of the molecule is C=C(C)C(=O)O.CCCCCCCCCCCCCCCCCCCCC. The molecular formula is C25H50O2. The smallest absolute Gasteiger partial charge is 0.330 e. The van der Waals surface area contributed by atoms with Crippen molar-refractivity contribution in [1.82, 2.24) is 0 Å². The minimum atomic E-state index is -0.935. The molecule has 0 saturated carbocycles. The predicted molar refractivity (Wildman–Crippen MR) is 122 cm³/mol. The summed E-state index contributed by atoms with van der Waals surface area (Å²) in [6.07, 6.45) is 27.9. The third kappa shape index (κ3) is 30.2. The van der Waals surface area contributed by atoms with Crippen molar-refractivity contribution < 1.29 is 9.90 Å². The van der Waals surface area contributed by atoms with Gasteiger partial charge in [0.1, 0.15) is 0 Å². The third-order valence-electron chi connectivity index (χ3n) is 5.07. The zero-order valence-electron chi connectivity index (χ0n) is 19.0. The maximum atomic E-state index is 9.60. The minimum absolute atomic E-state index is 0.176. The monoisotopic (exact) mass is 382 g/mol. The van der Waals surface area contributed by atoms with Crippen LogP contribution in [0.4, 0.5) is 0 Å². The summed E-state index contributed by atoms with van der Waals surface area (Å²) >= 11 is 0. The normalized spacial score (nSPS) is 10.3. The first-order chi connectivity index (χ1) is 13.1. The molecule has 0 saturated heterocycles. The number of hydrogen-bond acceptors (Lipinski definition) is 1. The lowest BCUT2D eigenvalue weighted by molar-refractivity contribution is -0.132. The van der Waals surface area contributed by atoms with Crippen molar-refractivity contribution in [2.24, 2.45) is 0 Å². The van der Waals surface area contributed by atoms with Crippen LogP contribution in [0.5, 0.6) is 0 Å². The Morgan fingerprint density at radius 3 is 0.815 bits per heavy atom. The summed E-state index contributed by atoms with van der Waals surface area (Å²) in [6, 6.07) is 0. The van der Waals surface area contributed by atoms with Crippen LogP contribution in [0, 0.1) is 0 Å². The number of carboxylic acids is 1. The van der Waals surface area contributed by atoms with Crippen LogP contribution in [0.15, 0.2) is 12.2 Å². The summed E-state index contributed by atoms with van der Waals surface area (Å²) in [6.45, 7) is 9.20. The van der Waals surface area contributed by atoms with Crippen molar-refractivity contribution >= 4 is 5.97 Å². The van der Waals surface area contributed by atoms with E-state index >= 15 is 0 Å². The lowest BCUT2D eigenvalue weighted by Crippen LogP contribution is -1.92. The molecule has 0 spiro atoms. The lowest BCUT2D eigenvalue weighted by atomic mass is 10.0. The summed E-state index contributed by atoms with van der Waals surface area (Å²) in [5.74, 6) is -0.935. The zero-order chi connectivity index (χ0) is 20.6. The Kier molecular flexibility index (Phi) is 26.5. The molecule has 0 bridgehead atoms. The van der Waals surface area contributed by atoms with Gasteiger partial charge in [0, 0.05) is 5.57 Å². The Bertz CT molecular complexity index is 279. The Hall–Kier alpha value is -0.790. The van der Waals surface area contributed by atoms with E-state index < -0.39 is 5.97 Å². The van der Waals surface area contributed by atoms with Crippen molar-refractivity contribution in [2.75, 3.05) is 0 Å². The van der Waals surface area contributed by atoms with Crippen LogP contribution in [0.25, 0.3) is 0 Å². The second-order valence-electron chi connectivity index (χ2n) is 8.10. The molecule has 2 nitrogen and oxygen atoms in total. The van der Waals surface area contributed by atoms with E-state index in [-0.39, 0.29) is 5.57 Å². The van der Waals surface area contributed by atoms with Gasteiger partial charge in [-0.05, 0) is 6.92 Å². The fourth-order valence-electron chi connectivity index (χ4n) is 3.15. The highest BCUT2D eigenvalue weighted by Gasteiger charge is 1.94. The van der Waals surface area contributed by atoms with E-state index in [4.69, 9.17) is 5.11 Å². The molecule has 0 unspecified atom stereocenters. The first-order valence-corrected chi connectivity index (χ1v) is 11.9. The fourth-order valence-corrected chi connectivity index (χ4v) is 3.15. The van der Waals surface area contributed by atoms with Gasteiger partial charge in [0.15, 0.2) is 0 Å². The molecule has 0 radical (unpaired) electrons. The van der Waals surface area contributed by atoms with Crippen molar-refractivity contribution in [3.8, 4) is 0 Å². The molecule has 0 fully saturated rings. The lowest BCUT2D eigenvalue weighted by Gasteiger charge is -2.03. The fraction of sp³-hybridized carbons (Fsp3) is 0.880. The summed E-state index contributed by atoms with van der Waals surface area (Å²) in [4.78, 5) is 9.60. The van der Waals surface area contributed by atoms with Gasteiger partial charge in [-0.1, -0.05) is 142 Å². The molecule has 2 heteroatoms. The van der Waals surface area contributed by atoms with E-state index in [1.165, 1.54) is 129 Å². The summed E-state index contributed by atoms with van der Waals surface area (Å²) in [5.41, 5.74) is 0.176. The third-order valence-corrected chi connectivity index (χ3v) is 5.07. The number of carboxylic acid groups (broad SMARTS) is 1. The molecule has 0 aromatic rings. The summed E-state index contributed by atoms with van der Waals surface area (Å²) < 4.78 is 0. The molecule has 0 rings (SSSR count). The molecule has 0 aliphatic rings. The second-order valence-corrected chi connectivity index (χ2v) is 8.10. The van der Waals surface area contributed by atoms with E-state index in [1.807, 2.05) is 0 Å². The molecule has 162 valence electrons. The predicted octanol–water partition coefficient (Wildman–Crippen LogP) is 9.09. The van der Waals surface area contributed by atoms with Gasteiger partial charge in [-0.15, -0.1) is 0 Å². The number of unbranched alkanes of at least 4 members (excludes halogenated alkanes) is 18. The van der Waals surface area contributed by atoms with Crippen molar-refractivity contribution in [3.63, 3.8) is 0 Å². The number of carbonyl (C=O) groups is 1. The van der Waals surface area contributed by atoms with E-state index in [0.29, 0.717) is 0 Å². The molecule has 27 heavy (non-hydrogen) atoms. The van der Waals surface area contributed by atoms with Crippen LogP contribution >= 0.6 is 0 Å². The average molecular weight is 383 g/mol. The van der Waals surface area contributed by atoms with Gasteiger partial charge in [-0.2, -0.15) is 0 Å². The Morgan fingerprint density at radius 2 is 0.704 bits per heavy atom. The molecule has 0 aromatic carbocycles. The summed E-state index contributed by atoms with van der Waals surface area (Å²) in [5, 5.41) is 7.89. The highest BCUT2D eigenvalue weighted by atomic mass is 16.4. The van der Waals surface area contributed by atoms with Crippen molar-refractivity contribution in [2.45, 2.75) is 143 Å². The van der Waals surface area contributed by atoms with E-state index in [0.717, 1.165) is 0 Å². The molecule has 0 aromatic heterocycles. The molecule has 0 atom stereocenters. The quantitative estimate of drug-likeness (QED) is 0.179. The Balaban J connectivity index is 0. The standard InChI is InChI=1S/C21H44.C4H6O2/c1-3-5-7-9-11-13-15-17-19-21-20-18-16-14-12-10-8-6-4-2;1-3(2)4(5)6/h3-21H2,1-2H3;1H2,2H3,(H,5,6). The summed E-state index contributed by atoms with van der Waals surface area (Å²) in [7, 11) is 0. The van der Waals surface area contributed by atoms with E-state index in [1.54, 1.807) is 0 Å². The van der Waals surface area contributed by atoms with Crippen LogP contribution in [-0.2, 0) is 4.79 Å².